The normalized spacial score (nSPS) is 26.5. The predicted molar refractivity (Wildman–Crippen MR) is 96.3 cm³/mol. The molecule has 0 saturated heterocycles. The van der Waals surface area contributed by atoms with Gasteiger partial charge in [-0.3, -0.25) is 0 Å². The number of nitrogens with zero attached hydrogens (tertiary/aromatic N) is 3. The van der Waals surface area contributed by atoms with E-state index in [4.69, 9.17) is 10.1 Å². The lowest BCUT2D eigenvalue weighted by Crippen LogP contribution is -2.48. The Morgan fingerprint density at radius 1 is 1.19 bits per heavy atom. The second-order valence-corrected chi connectivity index (χ2v) is 6.74. The van der Waals surface area contributed by atoms with Crippen LogP contribution in [0.3, 0.4) is 0 Å². The summed E-state index contributed by atoms with van der Waals surface area (Å²) >= 11 is 0. The number of nitrogens with one attached hydrogen (secondary N) is 1. The van der Waals surface area contributed by atoms with Crippen molar-refractivity contribution in [3.8, 4) is 24.0 Å². The van der Waals surface area contributed by atoms with Gasteiger partial charge in [0.1, 0.15) is 11.7 Å². The maximum absolute atomic E-state index is 9.96. The summed E-state index contributed by atoms with van der Waals surface area (Å²) in [7, 11) is 0. The van der Waals surface area contributed by atoms with Gasteiger partial charge in [0.15, 0.2) is 5.41 Å². The van der Waals surface area contributed by atoms with Crippen LogP contribution in [-0.2, 0) is 0 Å². The number of fused-ring (bicyclic) bond motifs is 1. The molecule has 0 heterocycles. The van der Waals surface area contributed by atoms with Crippen molar-refractivity contribution in [2.75, 3.05) is 6.61 Å². The van der Waals surface area contributed by atoms with E-state index in [1.54, 1.807) is 0 Å². The molecule has 2 aliphatic carbocycles. The zero-order chi connectivity index (χ0) is 18.7. The third kappa shape index (κ3) is 2.56. The van der Waals surface area contributed by atoms with E-state index in [1.807, 2.05) is 37.3 Å². The van der Waals surface area contributed by atoms with Crippen molar-refractivity contribution >= 4 is 5.71 Å². The smallest absolute Gasteiger partial charge is 0.172 e. The number of nitriles is 3. The molecule has 130 valence electrons. The van der Waals surface area contributed by atoms with Crippen molar-refractivity contribution in [3.05, 3.63) is 41.5 Å². The number of hydrogen-bond acceptors (Lipinski definition) is 5. The van der Waals surface area contributed by atoms with Crippen molar-refractivity contribution in [1.82, 2.24) is 0 Å². The molecule has 2 aliphatic rings. The van der Waals surface area contributed by atoms with Crippen LogP contribution in [0.1, 0.15) is 37.7 Å². The van der Waals surface area contributed by atoms with Gasteiger partial charge in [0, 0.05) is 5.92 Å². The quantitative estimate of drug-likeness (QED) is 0.891. The molecule has 0 aromatic heterocycles. The van der Waals surface area contributed by atoms with E-state index in [-0.39, 0.29) is 11.6 Å². The monoisotopic (exact) mass is 344 g/mol. The lowest BCUT2D eigenvalue weighted by atomic mass is 9.52. The van der Waals surface area contributed by atoms with Gasteiger partial charge in [-0.2, -0.15) is 15.8 Å². The highest BCUT2D eigenvalue weighted by molar-refractivity contribution is 6.04. The highest BCUT2D eigenvalue weighted by Crippen LogP contribution is 2.56. The summed E-state index contributed by atoms with van der Waals surface area (Å²) in [6, 6.07) is 13.8. The van der Waals surface area contributed by atoms with E-state index in [9.17, 15) is 15.8 Å². The maximum atomic E-state index is 9.96. The Hall–Kier alpha value is -3.10. The zero-order valence-corrected chi connectivity index (χ0v) is 14.7. The van der Waals surface area contributed by atoms with Gasteiger partial charge in [-0.05, 0) is 55.4 Å². The molecule has 1 saturated carbocycles. The Morgan fingerprint density at radius 2 is 1.88 bits per heavy atom. The van der Waals surface area contributed by atoms with Crippen molar-refractivity contribution in [2.45, 2.75) is 32.1 Å². The van der Waals surface area contributed by atoms with Crippen molar-refractivity contribution in [2.24, 2.45) is 17.3 Å². The van der Waals surface area contributed by atoms with Gasteiger partial charge in [0.05, 0.1) is 30.5 Å². The van der Waals surface area contributed by atoms with Gasteiger partial charge in [-0.25, -0.2) is 0 Å². The topological polar surface area (TPSA) is 104 Å². The molecule has 1 aromatic rings. The first kappa shape index (κ1) is 17.7. The summed E-state index contributed by atoms with van der Waals surface area (Å²) < 4.78 is 5.49. The van der Waals surface area contributed by atoms with E-state index in [1.165, 1.54) is 0 Å². The fourth-order valence-electron chi connectivity index (χ4n) is 4.34. The minimum atomic E-state index is -1.56. The fraction of sp³-hybridized carbons (Fsp3) is 0.429. The van der Waals surface area contributed by atoms with Crippen LogP contribution in [0.5, 0.6) is 5.75 Å². The number of rotatable bonds is 3. The maximum Gasteiger partial charge on any atom is 0.172 e. The highest BCUT2D eigenvalue weighted by atomic mass is 16.5. The molecule has 3 atom stereocenters. The van der Waals surface area contributed by atoms with Crippen LogP contribution in [0.25, 0.3) is 0 Å². The number of hydrogen-bond donors (Lipinski definition) is 1. The minimum Gasteiger partial charge on any atom is -0.494 e. The first-order valence-corrected chi connectivity index (χ1v) is 8.86. The summed E-state index contributed by atoms with van der Waals surface area (Å²) in [5.41, 5.74) is 0.269. The molecular weight excluding hydrogens is 324 g/mol. The second kappa shape index (κ2) is 7.03. The highest BCUT2D eigenvalue weighted by Gasteiger charge is 2.58. The van der Waals surface area contributed by atoms with E-state index >= 15 is 0 Å². The molecule has 3 rings (SSSR count). The van der Waals surface area contributed by atoms with Gasteiger partial charge >= 0.3 is 0 Å². The standard InChI is InChI=1S/C21H20N4O/c1-2-26-15-9-7-14(8-10-15)19-16-5-3-4-6-17(16)20(25)18(11-22)21(19,12-23)13-24/h6-10,16,18-19,25H,2-5H2,1H3/t16-,18?,19+/m1/s1. The predicted octanol–water partition coefficient (Wildman–Crippen LogP) is 4.10. The molecule has 0 bridgehead atoms. The van der Waals surface area contributed by atoms with Gasteiger partial charge in [0.2, 0.25) is 0 Å². The Morgan fingerprint density at radius 3 is 2.46 bits per heavy atom. The molecule has 5 nitrogen and oxygen atoms in total. The summed E-state index contributed by atoms with van der Waals surface area (Å²) in [6.07, 6.45) is 4.66. The third-order valence-electron chi connectivity index (χ3n) is 5.48. The zero-order valence-electron chi connectivity index (χ0n) is 14.7. The number of benzene rings is 1. The Balaban J connectivity index is 2.17. The van der Waals surface area contributed by atoms with Crippen LogP contribution in [0.2, 0.25) is 0 Å². The van der Waals surface area contributed by atoms with E-state index < -0.39 is 17.3 Å². The Labute approximate surface area is 153 Å². The molecule has 26 heavy (non-hydrogen) atoms. The van der Waals surface area contributed by atoms with Gasteiger partial charge in [-0.1, -0.05) is 18.2 Å². The lowest BCUT2D eigenvalue weighted by Gasteiger charge is -2.46. The fourth-order valence-corrected chi connectivity index (χ4v) is 4.34. The van der Waals surface area contributed by atoms with Crippen molar-refractivity contribution < 1.29 is 4.74 Å². The molecule has 1 unspecified atom stereocenters. The second-order valence-electron chi connectivity index (χ2n) is 6.74. The molecule has 1 fully saturated rings. The van der Waals surface area contributed by atoms with Gasteiger partial charge < -0.3 is 10.1 Å². The van der Waals surface area contributed by atoms with Gasteiger partial charge in [-0.15, -0.1) is 0 Å². The molecule has 0 amide bonds. The SMILES string of the molecule is CCOc1ccc([C@H]2[C@@H]3CCCC=C3C(=N)C(C#N)C2(C#N)C#N)cc1. The molecule has 1 N–H and O–H groups in total. The van der Waals surface area contributed by atoms with Crippen LogP contribution < -0.4 is 4.74 Å². The van der Waals surface area contributed by atoms with Crippen LogP contribution in [-0.4, -0.2) is 12.3 Å². The molecule has 0 aliphatic heterocycles. The first-order valence-electron chi connectivity index (χ1n) is 8.86. The average molecular weight is 344 g/mol. The molecule has 1 aromatic carbocycles. The van der Waals surface area contributed by atoms with Gasteiger partial charge in [0.25, 0.3) is 0 Å². The lowest BCUT2D eigenvalue weighted by molar-refractivity contribution is 0.261. The first-order chi connectivity index (χ1) is 12.6. The van der Waals surface area contributed by atoms with E-state index in [2.05, 4.69) is 18.2 Å². The average Bonchev–Trinajstić information content (AvgIpc) is 2.69. The van der Waals surface area contributed by atoms with E-state index in [0.717, 1.165) is 36.1 Å². The summed E-state index contributed by atoms with van der Waals surface area (Å²) in [5, 5.41) is 38.1. The van der Waals surface area contributed by atoms with Crippen molar-refractivity contribution in [1.29, 1.82) is 21.2 Å². The molecule has 5 heteroatoms. The molecule has 0 spiro atoms. The largest absolute Gasteiger partial charge is 0.494 e. The minimum absolute atomic E-state index is 0.0851. The molecule has 0 radical (unpaired) electrons. The van der Waals surface area contributed by atoms with Crippen LogP contribution in [0.15, 0.2) is 35.9 Å². The number of ether oxygens (including phenoxy) is 1. The summed E-state index contributed by atoms with van der Waals surface area (Å²) in [4.78, 5) is 0. The third-order valence-corrected chi connectivity index (χ3v) is 5.48. The van der Waals surface area contributed by atoms with E-state index in [0.29, 0.717) is 6.61 Å². The Kier molecular flexibility index (Phi) is 4.79. The Bertz CT molecular complexity index is 849. The summed E-state index contributed by atoms with van der Waals surface area (Å²) in [6.45, 7) is 2.47. The van der Waals surface area contributed by atoms with Crippen LogP contribution >= 0.6 is 0 Å². The van der Waals surface area contributed by atoms with Crippen molar-refractivity contribution in [3.63, 3.8) is 0 Å². The van der Waals surface area contributed by atoms with Crippen LogP contribution in [0, 0.1) is 56.7 Å². The molecular formula is C21H20N4O. The number of allylic oxidation sites excluding steroid dienone is 2. The van der Waals surface area contributed by atoms with Crippen LogP contribution in [0.4, 0.5) is 0 Å². The summed E-state index contributed by atoms with van der Waals surface area (Å²) in [5.74, 6) is -0.832.